The highest BCUT2D eigenvalue weighted by atomic mass is 35.5. The van der Waals surface area contributed by atoms with Crippen LogP contribution in [0.1, 0.15) is 111 Å². The van der Waals surface area contributed by atoms with E-state index in [0.717, 1.165) is 66.7 Å². The summed E-state index contributed by atoms with van der Waals surface area (Å²) in [4.78, 5) is 150. The molecule has 127 heavy (non-hydrogen) atoms. The van der Waals surface area contributed by atoms with Gasteiger partial charge in [0.15, 0.2) is 23.9 Å². The summed E-state index contributed by atoms with van der Waals surface area (Å²) in [6.45, 7) is 4.74. The van der Waals surface area contributed by atoms with Crippen LogP contribution < -0.4 is 84.3 Å². The standard InChI is InChI=1S/C83H92Cl4N14O26/c1-34(2)22-48(89-5)74(114)98-65-67(109)38-9-13-52(46(86)25-38)123-54-27-40-28-55(71(54)127-81-72(70(112)69(111)56(33-103)125-81)126-60-32-83(4,73(113)35(3)122-60)90-17-20-101-19-16-58(94-82(101)121)93-59(108)15-7-36-6-11-44(84)45(85)23-36)124-53-14-10-39(26-47(53)87)68(110)66-79(119)97-64(80(120)100-91-18-21-102)43-29-41(104)30-51(106)61(43)42-24-37(8-12-50(42)105)62(76(116)99-66)96-77(117)63(40)95-75(115)49(31-57(88)107)92-78(65)118/h6-16,19,23-30,34-35,48-49,56,60,62-70,72-73,81,89-91,102-106,109-113H,17-18,20-22,31-33H2,1-5H3,(H2,88,107)(H,92,118)(H,95,115)(H,96,117)(H,97,119)(H,98,114)(H,99,116)(H,100,120)(H,93,94,108,121)/b15-7+/t35-,48+,49-,56+,60-,62+,63?,64+,65+,66-,67+,68+,69+,70-,72+,73+,81-,83-/m0/s1. The molecule has 44 heteroatoms. The van der Waals surface area contributed by atoms with Gasteiger partial charge in [-0.15, -0.1) is 0 Å². The van der Waals surface area contributed by atoms with Crippen molar-refractivity contribution in [3.8, 4) is 57.1 Å². The largest absolute Gasteiger partial charge is 0.508 e. The minimum Gasteiger partial charge on any atom is -0.508 e. The number of nitrogens with two attached hydrogens (primary N) is 1. The number of aromatic hydroxyl groups is 3. The first kappa shape index (κ1) is 94.7. The number of carbonyl (C=O) groups is 9. The lowest BCUT2D eigenvalue weighted by molar-refractivity contribution is -0.334. The fourth-order valence-electron chi connectivity index (χ4n) is 15.0. The molecule has 1 unspecified atom stereocenters. The van der Waals surface area contributed by atoms with Crippen molar-refractivity contribution in [2.45, 2.75) is 163 Å². The Morgan fingerprint density at radius 3 is 2.00 bits per heavy atom. The summed E-state index contributed by atoms with van der Waals surface area (Å²) >= 11 is 26.5. The topological polar surface area (TPSA) is 605 Å². The van der Waals surface area contributed by atoms with Gasteiger partial charge in [0.05, 0.1) is 58.0 Å². The fraction of sp³-hybridized carbons (Fsp3) is 0.386. The van der Waals surface area contributed by atoms with Crippen molar-refractivity contribution < 1.29 is 123 Å². The smallest absolute Gasteiger partial charge is 0.349 e. The van der Waals surface area contributed by atoms with Gasteiger partial charge in [-0.25, -0.2) is 10.2 Å². The maximum absolute atomic E-state index is 16.3. The van der Waals surface area contributed by atoms with Crippen molar-refractivity contribution in [1.82, 2.24) is 62.9 Å². The van der Waals surface area contributed by atoms with E-state index in [-0.39, 0.29) is 71.7 Å². The molecule has 40 nitrogen and oxygen atoms in total. The number of primary amides is 1. The normalized spacial score (nSPS) is 25.8. The number of benzene rings is 6. The van der Waals surface area contributed by atoms with Crippen LogP contribution in [0.3, 0.4) is 0 Å². The average Bonchev–Trinajstić information content (AvgIpc) is 0.758. The molecule has 7 aliphatic rings. The highest BCUT2D eigenvalue weighted by Crippen LogP contribution is 2.50. The van der Waals surface area contributed by atoms with Crippen LogP contribution >= 0.6 is 46.4 Å². The number of nitrogens with zero attached hydrogens (tertiary/aromatic N) is 2. The first-order valence-electron chi connectivity index (χ1n) is 39.7. The zero-order chi connectivity index (χ0) is 91.9. The number of halogens is 4. The molecule has 0 spiro atoms. The summed E-state index contributed by atoms with van der Waals surface area (Å²) in [5, 5.41) is 140. The number of anilines is 1. The average molecular weight is 1840 g/mol. The van der Waals surface area contributed by atoms with Gasteiger partial charge in [0.1, 0.15) is 101 Å². The second kappa shape index (κ2) is 40.7. The van der Waals surface area contributed by atoms with Gasteiger partial charge in [-0.05, 0) is 145 Å². The van der Waals surface area contributed by atoms with Crippen molar-refractivity contribution in [3.63, 3.8) is 0 Å². The van der Waals surface area contributed by atoms with E-state index < -0.39 is 260 Å². The van der Waals surface area contributed by atoms with Crippen LogP contribution in [0.25, 0.3) is 17.2 Å². The number of amides is 9. The molecule has 7 aliphatic heterocycles. The Bertz CT molecular complexity index is 5460. The molecule has 0 aliphatic carbocycles. The van der Waals surface area contributed by atoms with E-state index in [4.69, 9.17) is 80.6 Å². The summed E-state index contributed by atoms with van der Waals surface area (Å²) in [6.07, 6.45) is -15.6. The third-order valence-corrected chi connectivity index (χ3v) is 22.9. The van der Waals surface area contributed by atoms with Crippen LogP contribution in [0.2, 0.25) is 20.1 Å². The van der Waals surface area contributed by atoms with E-state index in [2.05, 4.69) is 63.7 Å². The second-order valence-corrected chi connectivity index (χ2v) is 32.8. The van der Waals surface area contributed by atoms with Gasteiger partial charge in [0.25, 0.3) is 5.91 Å². The number of aliphatic hydroxyl groups is 7. The number of fused-ring (bicyclic) bond motifs is 15. The quantitative estimate of drug-likeness (QED) is 0.0245. The first-order chi connectivity index (χ1) is 60.3. The third-order valence-electron chi connectivity index (χ3n) is 21.6. The Morgan fingerprint density at radius 1 is 0.701 bits per heavy atom. The van der Waals surface area contributed by atoms with Crippen LogP contribution in [0.5, 0.6) is 46.0 Å². The van der Waals surface area contributed by atoms with Gasteiger partial charge < -0.3 is 133 Å². The highest BCUT2D eigenvalue weighted by Gasteiger charge is 2.52. The van der Waals surface area contributed by atoms with Gasteiger partial charge in [-0.2, -0.15) is 4.98 Å². The number of hydrazine groups is 1. The Morgan fingerprint density at radius 2 is 1.36 bits per heavy atom. The molecular weight excluding hydrogens is 1750 g/mol. The maximum Gasteiger partial charge on any atom is 0.349 e. The van der Waals surface area contributed by atoms with E-state index in [9.17, 15) is 75.0 Å². The minimum atomic E-state index is -2.40. The van der Waals surface area contributed by atoms with Crippen molar-refractivity contribution >= 4 is 111 Å². The molecule has 7 aromatic rings. The number of nitrogens with one attached hydrogen (secondary N) is 11. The fourth-order valence-corrected chi connectivity index (χ4v) is 15.8. The van der Waals surface area contributed by atoms with Gasteiger partial charge in [-0.1, -0.05) is 84.5 Å². The lowest BCUT2D eigenvalue weighted by atomic mass is 9.85. The molecule has 1 aromatic heterocycles. The van der Waals surface area contributed by atoms with E-state index in [1.54, 1.807) is 25.1 Å². The summed E-state index contributed by atoms with van der Waals surface area (Å²) in [7, 11) is 1.46. The Labute approximate surface area is 742 Å². The molecule has 8 heterocycles. The van der Waals surface area contributed by atoms with Gasteiger partial charge in [0, 0.05) is 61.1 Å². The SMILES string of the molecule is CN[C@H](CC(C)C)C(=O)N[C@H]1C(=O)N[C@@H](CC(N)=O)C(=O)NC2C(=O)N[C@H]3C(=O)N[C@H](C(=O)N[C@@H](C(=O)NNCCO)c4cc(O)cc(O)c4-c4cc3ccc4O)[C@H](O)c3ccc(c(Cl)c3)Oc3cc2cc(c3O[C@@H]2O[C@H](CO)[C@@H](O)[C@H](O)[C@H]2O[C@H]2C[C@](C)(NCCn3ccc(NC(=O)/C=C/c4ccc(Cl)c(Cl)c4)nc3=O)[C@H](O)[C@H](C)O2)Oc2ccc(cc2Cl)[C@H]1O. The lowest BCUT2D eigenvalue weighted by Gasteiger charge is -2.48. The predicted octanol–water partition coefficient (Wildman–Crippen LogP) is 1.48. The number of carbonyl (C=O) groups excluding carboxylic acids is 9. The lowest BCUT2D eigenvalue weighted by Crippen LogP contribution is -2.65. The summed E-state index contributed by atoms with van der Waals surface area (Å²) < 4.78 is 40.6. The molecule has 23 N–H and O–H groups in total. The van der Waals surface area contributed by atoms with Crippen LogP contribution in [0.15, 0.2) is 120 Å². The number of aromatic nitrogens is 2. The number of phenolic OH excluding ortho intramolecular Hbond substituents is 3. The second-order valence-electron chi connectivity index (χ2n) is 31.1. The summed E-state index contributed by atoms with van der Waals surface area (Å²) in [5.74, 6) is -16.3. The number of hydrogen-bond acceptors (Lipinski definition) is 30. The zero-order valence-electron chi connectivity index (χ0n) is 68.1. The molecule has 2 saturated heterocycles. The molecule has 0 saturated carbocycles. The molecule has 678 valence electrons. The van der Waals surface area contributed by atoms with Crippen LogP contribution in [0.4, 0.5) is 5.82 Å². The first-order valence-corrected chi connectivity index (χ1v) is 41.2. The molecule has 2 fully saturated rings. The van der Waals surface area contributed by atoms with Gasteiger partial charge in [-0.3, -0.25) is 53.1 Å². The Hall–Kier alpha value is -11.4. The van der Waals surface area contributed by atoms with Crippen LogP contribution in [-0.4, -0.2) is 226 Å². The van der Waals surface area contributed by atoms with Crippen LogP contribution in [0, 0.1) is 5.92 Å². The van der Waals surface area contributed by atoms with Crippen molar-refractivity contribution in [1.29, 1.82) is 0 Å². The Balaban J connectivity index is 0.993. The van der Waals surface area contributed by atoms with Crippen molar-refractivity contribution in [2.75, 3.05) is 38.7 Å². The minimum absolute atomic E-state index is 0.0482. The van der Waals surface area contributed by atoms with E-state index >= 15 is 24.0 Å². The molecule has 14 rings (SSSR count). The van der Waals surface area contributed by atoms with E-state index in [0.29, 0.717) is 10.6 Å². The highest BCUT2D eigenvalue weighted by molar-refractivity contribution is 6.42. The monoisotopic (exact) mass is 1840 g/mol. The van der Waals surface area contributed by atoms with Gasteiger partial charge >= 0.3 is 5.69 Å². The number of likely N-dealkylation sites (N-methyl/N-ethyl adjacent to an activating group) is 1. The molecule has 9 amide bonds. The number of ether oxygens (including phenoxy) is 6. The molecule has 18 atom stereocenters. The summed E-state index contributed by atoms with van der Waals surface area (Å²) in [6, 6.07) is 5.50. The number of phenols is 3. The zero-order valence-corrected chi connectivity index (χ0v) is 71.1. The molecule has 11 bridgehead atoms. The number of rotatable bonds is 23. The van der Waals surface area contributed by atoms with E-state index in [1.165, 1.54) is 55.1 Å². The number of aliphatic hydroxyl groups excluding tert-OH is 7. The maximum atomic E-state index is 16.3. The molecule has 0 radical (unpaired) electrons. The van der Waals surface area contributed by atoms with Crippen LogP contribution in [-0.2, 0) is 63.9 Å². The number of hydrogen-bond donors (Lipinski definition) is 22. The van der Waals surface area contributed by atoms with Crippen molar-refractivity contribution in [2.24, 2.45) is 11.7 Å². The van der Waals surface area contributed by atoms with Gasteiger partial charge in [0.2, 0.25) is 59.3 Å². The van der Waals surface area contributed by atoms with Crippen molar-refractivity contribution in [3.05, 3.63) is 179 Å². The predicted molar refractivity (Wildman–Crippen MR) is 451 cm³/mol. The molecule has 6 aromatic carbocycles. The Kier molecular flexibility index (Phi) is 30.4. The van der Waals surface area contributed by atoms with E-state index in [1.807, 2.05) is 13.8 Å². The summed E-state index contributed by atoms with van der Waals surface area (Å²) in [5.41, 5.74) is 6.15. The third kappa shape index (κ3) is 21.9. The molecular formula is C83H92Cl4N14O26.